The molecule has 2 N–H and O–H groups in total. The fourth-order valence-electron chi connectivity index (χ4n) is 1.47. The lowest BCUT2D eigenvalue weighted by Crippen LogP contribution is -2.34. The lowest BCUT2D eigenvalue weighted by Gasteiger charge is -2.32. The average Bonchev–Trinajstić information content (AvgIpc) is 1.85. The third-order valence-corrected chi connectivity index (χ3v) is 2.36. The molecule has 0 aromatic carbocycles. The summed E-state index contributed by atoms with van der Waals surface area (Å²) < 4.78 is 0. The minimum atomic E-state index is -0.361. The largest absolute Gasteiger partial charge is 0.396 e. The van der Waals surface area contributed by atoms with Crippen LogP contribution in [0.5, 0.6) is 0 Å². The topological polar surface area (TPSA) is 40.5 Å². The van der Waals surface area contributed by atoms with Gasteiger partial charge in [0, 0.05) is 12.5 Å². The van der Waals surface area contributed by atoms with Crippen LogP contribution in [0.15, 0.2) is 0 Å². The summed E-state index contributed by atoms with van der Waals surface area (Å²) in [5.74, 6) is -0.00236. The minimum Gasteiger partial charge on any atom is -0.396 e. The SMILES string of the molecule is CCCC(O)C(CO)C(C)(C)C. The Morgan fingerprint density at radius 2 is 1.75 bits per heavy atom. The number of aliphatic hydroxyl groups excluding tert-OH is 2. The molecule has 0 heterocycles. The van der Waals surface area contributed by atoms with Gasteiger partial charge in [-0.25, -0.2) is 0 Å². The van der Waals surface area contributed by atoms with Crippen molar-refractivity contribution in [3.63, 3.8) is 0 Å². The van der Waals surface area contributed by atoms with Crippen LogP contribution in [-0.4, -0.2) is 22.9 Å². The van der Waals surface area contributed by atoms with E-state index in [4.69, 9.17) is 5.11 Å². The van der Waals surface area contributed by atoms with E-state index in [0.717, 1.165) is 12.8 Å². The number of hydrogen-bond donors (Lipinski definition) is 2. The van der Waals surface area contributed by atoms with Crippen molar-refractivity contribution in [1.82, 2.24) is 0 Å². The van der Waals surface area contributed by atoms with Crippen LogP contribution in [-0.2, 0) is 0 Å². The molecule has 0 saturated heterocycles. The van der Waals surface area contributed by atoms with Crippen molar-refractivity contribution in [1.29, 1.82) is 0 Å². The molecule has 74 valence electrons. The van der Waals surface area contributed by atoms with Crippen LogP contribution in [0.3, 0.4) is 0 Å². The van der Waals surface area contributed by atoms with E-state index in [2.05, 4.69) is 0 Å². The van der Waals surface area contributed by atoms with E-state index in [0.29, 0.717) is 0 Å². The molecule has 2 nitrogen and oxygen atoms in total. The Balaban J connectivity index is 4.14. The summed E-state index contributed by atoms with van der Waals surface area (Å²) >= 11 is 0. The van der Waals surface area contributed by atoms with Crippen molar-refractivity contribution < 1.29 is 10.2 Å². The van der Waals surface area contributed by atoms with Gasteiger partial charge in [0.25, 0.3) is 0 Å². The zero-order chi connectivity index (χ0) is 9.78. The summed E-state index contributed by atoms with van der Waals surface area (Å²) in [7, 11) is 0. The Morgan fingerprint density at radius 3 is 2.00 bits per heavy atom. The predicted molar refractivity (Wildman–Crippen MR) is 50.9 cm³/mol. The van der Waals surface area contributed by atoms with Gasteiger partial charge >= 0.3 is 0 Å². The van der Waals surface area contributed by atoms with Gasteiger partial charge in [-0.15, -0.1) is 0 Å². The molecule has 0 aromatic rings. The molecular formula is C10H22O2. The maximum Gasteiger partial charge on any atom is 0.0595 e. The quantitative estimate of drug-likeness (QED) is 0.682. The summed E-state index contributed by atoms with van der Waals surface area (Å²) in [5, 5.41) is 18.8. The van der Waals surface area contributed by atoms with E-state index < -0.39 is 0 Å². The van der Waals surface area contributed by atoms with Crippen molar-refractivity contribution in [2.45, 2.75) is 46.6 Å². The summed E-state index contributed by atoms with van der Waals surface area (Å²) in [4.78, 5) is 0. The van der Waals surface area contributed by atoms with Gasteiger partial charge in [0.05, 0.1) is 6.10 Å². The molecule has 12 heavy (non-hydrogen) atoms. The fourth-order valence-corrected chi connectivity index (χ4v) is 1.47. The van der Waals surface area contributed by atoms with E-state index >= 15 is 0 Å². The van der Waals surface area contributed by atoms with Gasteiger partial charge in [0.15, 0.2) is 0 Å². The molecule has 2 unspecified atom stereocenters. The zero-order valence-corrected chi connectivity index (χ0v) is 8.67. The number of aliphatic hydroxyl groups is 2. The summed E-state index contributed by atoms with van der Waals surface area (Å²) in [6, 6.07) is 0. The van der Waals surface area contributed by atoms with Crippen molar-refractivity contribution >= 4 is 0 Å². The highest BCUT2D eigenvalue weighted by Crippen LogP contribution is 2.29. The lowest BCUT2D eigenvalue weighted by molar-refractivity contribution is 0.000934. The Bertz CT molecular complexity index is 115. The minimum absolute atomic E-state index is 0.00236. The Labute approximate surface area is 75.6 Å². The summed E-state index contributed by atoms with van der Waals surface area (Å²) in [6.07, 6.45) is 1.39. The normalized spacial score (nSPS) is 17.5. The maximum atomic E-state index is 9.68. The number of hydrogen-bond acceptors (Lipinski definition) is 2. The molecular weight excluding hydrogens is 152 g/mol. The summed E-state index contributed by atoms with van der Waals surface area (Å²) in [5.41, 5.74) is -0.0106. The average molecular weight is 174 g/mol. The van der Waals surface area contributed by atoms with Crippen LogP contribution < -0.4 is 0 Å². The first-order valence-electron chi connectivity index (χ1n) is 4.72. The van der Waals surface area contributed by atoms with Crippen LogP contribution in [0, 0.1) is 11.3 Å². The summed E-state index contributed by atoms with van der Waals surface area (Å²) in [6.45, 7) is 8.26. The molecule has 0 aliphatic heterocycles. The molecule has 0 aliphatic rings. The first-order valence-corrected chi connectivity index (χ1v) is 4.72. The van der Waals surface area contributed by atoms with Crippen LogP contribution in [0.25, 0.3) is 0 Å². The van der Waals surface area contributed by atoms with Crippen molar-refractivity contribution in [2.75, 3.05) is 6.61 Å². The van der Waals surface area contributed by atoms with E-state index in [-0.39, 0.29) is 24.0 Å². The van der Waals surface area contributed by atoms with E-state index in [1.165, 1.54) is 0 Å². The van der Waals surface area contributed by atoms with E-state index in [9.17, 15) is 5.11 Å². The third kappa shape index (κ3) is 3.55. The molecule has 0 saturated carbocycles. The van der Waals surface area contributed by atoms with Crippen molar-refractivity contribution in [3.05, 3.63) is 0 Å². The first-order chi connectivity index (χ1) is 5.43. The zero-order valence-electron chi connectivity index (χ0n) is 8.67. The molecule has 0 aliphatic carbocycles. The standard InChI is InChI=1S/C10H22O2/c1-5-6-9(12)8(7-11)10(2,3)4/h8-9,11-12H,5-7H2,1-4H3. The van der Waals surface area contributed by atoms with Gasteiger partial charge in [-0.3, -0.25) is 0 Å². The molecule has 0 spiro atoms. The van der Waals surface area contributed by atoms with Crippen molar-refractivity contribution in [3.8, 4) is 0 Å². The van der Waals surface area contributed by atoms with Gasteiger partial charge < -0.3 is 10.2 Å². The van der Waals surface area contributed by atoms with Crippen LogP contribution in [0.4, 0.5) is 0 Å². The predicted octanol–water partition coefficient (Wildman–Crippen LogP) is 1.80. The molecule has 0 bridgehead atoms. The Morgan fingerprint density at radius 1 is 1.25 bits per heavy atom. The van der Waals surface area contributed by atoms with Gasteiger partial charge in [-0.05, 0) is 11.8 Å². The highest BCUT2D eigenvalue weighted by Gasteiger charge is 2.29. The first kappa shape index (κ1) is 11.9. The highest BCUT2D eigenvalue weighted by atomic mass is 16.3. The van der Waals surface area contributed by atoms with E-state index in [1.54, 1.807) is 0 Å². The molecule has 2 atom stereocenters. The van der Waals surface area contributed by atoms with Crippen molar-refractivity contribution in [2.24, 2.45) is 11.3 Å². The second-order valence-electron chi connectivity index (χ2n) is 4.51. The molecule has 0 aromatic heterocycles. The smallest absolute Gasteiger partial charge is 0.0595 e. The third-order valence-electron chi connectivity index (χ3n) is 2.36. The highest BCUT2D eigenvalue weighted by molar-refractivity contribution is 4.79. The maximum absolute atomic E-state index is 9.68. The van der Waals surface area contributed by atoms with Gasteiger partial charge in [-0.1, -0.05) is 34.1 Å². The second-order valence-corrected chi connectivity index (χ2v) is 4.51. The molecule has 0 radical (unpaired) electrons. The van der Waals surface area contributed by atoms with Gasteiger partial charge in [-0.2, -0.15) is 0 Å². The van der Waals surface area contributed by atoms with Crippen LogP contribution in [0.1, 0.15) is 40.5 Å². The fraction of sp³-hybridized carbons (Fsp3) is 1.00. The van der Waals surface area contributed by atoms with Crippen LogP contribution >= 0.6 is 0 Å². The molecule has 0 amide bonds. The molecule has 0 rings (SSSR count). The Hall–Kier alpha value is -0.0800. The lowest BCUT2D eigenvalue weighted by atomic mass is 9.77. The molecule has 0 fully saturated rings. The second kappa shape index (κ2) is 4.83. The van der Waals surface area contributed by atoms with E-state index in [1.807, 2.05) is 27.7 Å². The number of rotatable bonds is 4. The van der Waals surface area contributed by atoms with Gasteiger partial charge in [0.1, 0.15) is 0 Å². The molecule has 2 heteroatoms. The van der Waals surface area contributed by atoms with Crippen LogP contribution in [0.2, 0.25) is 0 Å². The Kier molecular flexibility index (Phi) is 4.80. The van der Waals surface area contributed by atoms with Gasteiger partial charge in [0.2, 0.25) is 0 Å². The monoisotopic (exact) mass is 174 g/mol.